The van der Waals surface area contributed by atoms with Gasteiger partial charge in [-0.25, -0.2) is 4.79 Å². The summed E-state index contributed by atoms with van der Waals surface area (Å²) < 4.78 is 0. The minimum absolute atomic E-state index is 0.156. The van der Waals surface area contributed by atoms with Crippen molar-refractivity contribution in [3.63, 3.8) is 0 Å². The number of benzene rings is 2. The first kappa shape index (κ1) is 20.4. The van der Waals surface area contributed by atoms with E-state index in [0.29, 0.717) is 11.3 Å². The minimum Gasteiger partial charge on any atom is -0.478 e. The molecule has 2 N–H and O–H groups in total. The van der Waals surface area contributed by atoms with E-state index in [0.717, 1.165) is 17.4 Å². The number of carbonyl (C=O) groups excluding carboxylic acids is 2. The van der Waals surface area contributed by atoms with Crippen molar-refractivity contribution in [1.82, 2.24) is 0 Å². The van der Waals surface area contributed by atoms with Gasteiger partial charge in [-0.15, -0.1) is 0 Å². The molecule has 0 bridgehead atoms. The lowest BCUT2D eigenvalue weighted by atomic mass is 9.74. The van der Waals surface area contributed by atoms with Crippen molar-refractivity contribution in [3.05, 3.63) is 64.7 Å². The molecular formula is C22H25NO4. The number of aldehydes is 1. The molecule has 0 heterocycles. The van der Waals surface area contributed by atoms with Gasteiger partial charge in [0.2, 0.25) is 0 Å². The quantitative estimate of drug-likeness (QED) is 0.767. The zero-order valence-electron chi connectivity index (χ0n) is 16.3. The second-order valence-electron chi connectivity index (χ2n) is 8.19. The van der Waals surface area contributed by atoms with E-state index in [4.69, 9.17) is 5.11 Å². The Morgan fingerprint density at radius 2 is 1.44 bits per heavy atom. The number of carboxylic acid groups (broad SMARTS) is 1. The summed E-state index contributed by atoms with van der Waals surface area (Å²) in [5, 5.41) is 11.7. The molecule has 1 amide bonds. The molecule has 0 saturated heterocycles. The van der Waals surface area contributed by atoms with Gasteiger partial charge in [0.15, 0.2) is 0 Å². The van der Waals surface area contributed by atoms with Crippen LogP contribution in [-0.2, 0) is 15.6 Å². The highest BCUT2D eigenvalue weighted by Crippen LogP contribution is 2.34. The van der Waals surface area contributed by atoms with E-state index in [1.54, 1.807) is 18.2 Å². The van der Waals surface area contributed by atoms with Crippen LogP contribution in [0.15, 0.2) is 42.5 Å². The first-order chi connectivity index (χ1) is 12.5. The molecule has 2 aromatic carbocycles. The molecule has 27 heavy (non-hydrogen) atoms. The average Bonchev–Trinajstić information content (AvgIpc) is 2.60. The normalized spacial score (nSPS) is 11.7. The molecular weight excluding hydrogens is 342 g/mol. The molecule has 0 radical (unpaired) electrons. The maximum Gasteiger partial charge on any atom is 0.335 e. The molecule has 0 aliphatic carbocycles. The fraction of sp³-hybridized carbons (Fsp3) is 0.318. The molecule has 0 saturated carbocycles. The topological polar surface area (TPSA) is 83.5 Å². The van der Waals surface area contributed by atoms with Gasteiger partial charge in [-0.2, -0.15) is 0 Å². The molecule has 0 atom stereocenters. The summed E-state index contributed by atoms with van der Waals surface area (Å²) in [7, 11) is 0. The van der Waals surface area contributed by atoms with E-state index in [9.17, 15) is 14.4 Å². The third kappa shape index (κ3) is 4.61. The summed E-state index contributed by atoms with van der Waals surface area (Å²) in [5.74, 6) is -1.31. The number of nitrogens with one attached hydrogen (secondary N) is 1. The Bertz CT molecular complexity index is 874. The van der Waals surface area contributed by atoms with Crippen LogP contribution in [0, 0.1) is 0 Å². The van der Waals surface area contributed by atoms with Crippen molar-refractivity contribution in [2.45, 2.75) is 45.4 Å². The monoisotopic (exact) mass is 367 g/mol. The van der Waals surface area contributed by atoms with Crippen molar-refractivity contribution in [3.8, 4) is 0 Å². The van der Waals surface area contributed by atoms with Gasteiger partial charge in [-0.1, -0.05) is 26.8 Å². The van der Waals surface area contributed by atoms with Gasteiger partial charge >= 0.3 is 5.97 Å². The van der Waals surface area contributed by atoms with Crippen LogP contribution >= 0.6 is 0 Å². The number of amides is 1. The van der Waals surface area contributed by atoms with Crippen LogP contribution in [-0.4, -0.2) is 23.3 Å². The Morgan fingerprint density at radius 3 is 1.93 bits per heavy atom. The summed E-state index contributed by atoms with van der Waals surface area (Å²) >= 11 is 0. The maximum atomic E-state index is 12.6. The first-order valence-electron chi connectivity index (χ1n) is 8.72. The summed E-state index contributed by atoms with van der Waals surface area (Å²) in [4.78, 5) is 35.1. The van der Waals surface area contributed by atoms with Crippen molar-refractivity contribution >= 4 is 23.9 Å². The van der Waals surface area contributed by atoms with Crippen molar-refractivity contribution < 1.29 is 19.5 Å². The first-order valence-corrected chi connectivity index (χ1v) is 8.72. The van der Waals surface area contributed by atoms with Gasteiger partial charge in [0.25, 0.3) is 5.91 Å². The summed E-state index contributed by atoms with van der Waals surface area (Å²) in [6.45, 7) is 9.83. The highest BCUT2D eigenvalue weighted by Gasteiger charge is 2.28. The summed E-state index contributed by atoms with van der Waals surface area (Å²) in [6.07, 6.45) is 0.918. The Morgan fingerprint density at radius 1 is 0.889 bits per heavy atom. The predicted octanol–water partition coefficient (Wildman–Crippen LogP) is 4.41. The molecule has 2 aromatic rings. The zero-order chi connectivity index (χ0) is 20.4. The molecule has 0 aromatic heterocycles. The molecule has 142 valence electrons. The summed E-state index contributed by atoms with van der Waals surface area (Å²) in [5.41, 5.74) is 2.09. The van der Waals surface area contributed by atoms with Gasteiger partial charge in [0.1, 0.15) is 6.29 Å². The fourth-order valence-corrected chi connectivity index (χ4v) is 2.83. The third-order valence-corrected chi connectivity index (χ3v) is 4.47. The van der Waals surface area contributed by atoms with E-state index in [2.05, 4.69) is 5.32 Å². The minimum atomic E-state index is -1.02. The second-order valence-corrected chi connectivity index (χ2v) is 8.19. The molecule has 5 heteroatoms. The standard InChI is InChI=1S/C22H25NO4/c1-21(2,3)18-12-15(8-11-17(18)22(4,5)13-24)19(25)23-16-9-6-14(7-10-16)20(26)27/h6-13H,1-5H3,(H,23,25)(H,26,27). The van der Waals surface area contributed by atoms with Crippen LogP contribution in [0.25, 0.3) is 0 Å². The van der Waals surface area contributed by atoms with Gasteiger partial charge in [-0.05, 0) is 66.8 Å². The number of carbonyl (C=O) groups is 3. The number of hydrogen-bond acceptors (Lipinski definition) is 3. The zero-order valence-corrected chi connectivity index (χ0v) is 16.3. The van der Waals surface area contributed by atoms with E-state index < -0.39 is 11.4 Å². The molecule has 5 nitrogen and oxygen atoms in total. The molecule has 0 spiro atoms. The van der Waals surface area contributed by atoms with Crippen molar-refractivity contribution in [2.75, 3.05) is 5.32 Å². The Balaban J connectivity index is 2.36. The van der Waals surface area contributed by atoms with Crippen molar-refractivity contribution in [1.29, 1.82) is 0 Å². The van der Waals surface area contributed by atoms with Gasteiger partial charge in [0, 0.05) is 16.7 Å². The van der Waals surface area contributed by atoms with Crippen LogP contribution in [0.4, 0.5) is 5.69 Å². The second kappa shape index (κ2) is 7.35. The van der Waals surface area contributed by atoms with Gasteiger partial charge in [0.05, 0.1) is 5.56 Å². The van der Waals surface area contributed by atoms with Gasteiger partial charge in [-0.3, -0.25) is 4.79 Å². The van der Waals surface area contributed by atoms with E-state index in [1.807, 2.05) is 46.8 Å². The number of aromatic carboxylic acids is 1. The molecule has 0 fully saturated rings. The van der Waals surface area contributed by atoms with Gasteiger partial charge < -0.3 is 15.2 Å². The lowest BCUT2D eigenvalue weighted by molar-refractivity contribution is -0.111. The lowest BCUT2D eigenvalue weighted by Crippen LogP contribution is -2.26. The lowest BCUT2D eigenvalue weighted by Gasteiger charge is -2.29. The van der Waals surface area contributed by atoms with Crippen LogP contribution in [0.5, 0.6) is 0 Å². The Labute approximate surface area is 159 Å². The van der Waals surface area contributed by atoms with Crippen molar-refractivity contribution in [2.24, 2.45) is 0 Å². The smallest absolute Gasteiger partial charge is 0.335 e. The largest absolute Gasteiger partial charge is 0.478 e. The Hall–Kier alpha value is -2.95. The highest BCUT2D eigenvalue weighted by molar-refractivity contribution is 6.04. The summed E-state index contributed by atoms with van der Waals surface area (Å²) in [6, 6.07) is 11.3. The number of anilines is 1. The maximum absolute atomic E-state index is 12.6. The van der Waals surface area contributed by atoms with Crippen LogP contribution in [0.1, 0.15) is 66.5 Å². The van der Waals surface area contributed by atoms with E-state index in [1.165, 1.54) is 12.1 Å². The third-order valence-electron chi connectivity index (χ3n) is 4.47. The fourth-order valence-electron chi connectivity index (χ4n) is 2.83. The van der Waals surface area contributed by atoms with Crippen LogP contribution in [0.3, 0.4) is 0 Å². The van der Waals surface area contributed by atoms with Crippen LogP contribution in [0.2, 0.25) is 0 Å². The molecule has 0 aliphatic rings. The molecule has 2 rings (SSSR count). The molecule has 0 unspecified atom stereocenters. The predicted molar refractivity (Wildman–Crippen MR) is 106 cm³/mol. The highest BCUT2D eigenvalue weighted by atomic mass is 16.4. The van der Waals surface area contributed by atoms with E-state index >= 15 is 0 Å². The van der Waals surface area contributed by atoms with Crippen LogP contribution < -0.4 is 5.32 Å². The average molecular weight is 367 g/mol. The SMILES string of the molecule is CC(C)(C)c1cc(C(=O)Nc2ccc(C(=O)O)cc2)ccc1C(C)(C)C=O. The van der Waals surface area contributed by atoms with E-state index in [-0.39, 0.29) is 16.9 Å². The number of rotatable bonds is 5. The number of carboxylic acids is 1. The molecule has 0 aliphatic heterocycles. The number of hydrogen-bond donors (Lipinski definition) is 2. The Kier molecular flexibility index (Phi) is 5.54.